The van der Waals surface area contributed by atoms with E-state index in [4.69, 9.17) is 23.2 Å². The second-order valence-electron chi connectivity index (χ2n) is 3.76. The molecule has 0 aliphatic carbocycles. The highest BCUT2D eigenvalue weighted by atomic mass is 127. The molecule has 0 aromatic heterocycles. The molecule has 96 valence electrons. The summed E-state index contributed by atoms with van der Waals surface area (Å²) in [4.78, 5) is 13.0. The van der Waals surface area contributed by atoms with Crippen molar-refractivity contribution in [1.29, 1.82) is 0 Å². The van der Waals surface area contributed by atoms with E-state index in [2.05, 4.69) is 3.53 Å². The molecule has 2 N–H and O–H groups in total. The maximum absolute atomic E-state index is 11.8. The van der Waals surface area contributed by atoms with Gasteiger partial charge in [0.1, 0.15) is 5.03 Å². The molecule has 1 aromatic rings. The zero-order chi connectivity index (χ0) is 13.3. The fraction of sp³-hybridized carbons (Fsp3) is 0.182. The fourth-order valence-electron chi connectivity index (χ4n) is 1.67. The van der Waals surface area contributed by atoms with E-state index in [9.17, 15) is 9.90 Å². The maximum atomic E-state index is 11.8. The van der Waals surface area contributed by atoms with E-state index >= 15 is 0 Å². The Balaban J connectivity index is 2.18. The quantitative estimate of drug-likeness (QED) is 0.608. The minimum absolute atomic E-state index is 0.0233. The van der Waals surface area contributed by atoms with Crippen LogP contribution in [0.15, 0.2) is 34.3 Å². The number of rotatable bonds is 3. The van der Waals surface area contributed by atoms with Crippen LogP contribution in [-0.2, 0) is 11.3 Å². The maximum Gasteiger partial charge on any atom is 0.269 e. The van der Waals surface area contributed by atoms with Crippen LogP contribution in [0.2, 0.25) is 0 Å². The fourth-order valence-corrected chi connectivity index (χ4v) is 2.41. The highest BCUT2D eigenvalue weighted by Gasteiger charge is 2.36. The molecule has 1 aliphatic heterocycles. The number of amides is 1. The average molecular weight is 399 g/mol. The number of aliphatic hydroxyl groups is 1. The first kappa shape index (κ1) is 13.9. The van der Waals surface area contributed by atoms with Crippen molar-refractivity contribution in [2.24, 2.45) is 0 Å². The molecule has 1 amide bonds. The van der Waals surface area contributed by atoms with Crippen molar-refractivity contribution in [3.8, 4) is 0 Å². The first-order chi connectivity index (χ1) is 8.54. The number of carbonyl (C=O) groups is 1. The largest absolute Gasteiger partial charge is 0.368 e. The van der Waals surface area contributed by atoms with Gasteiger partial charge in [-0.25, -0.2) is 0 Å². The Morgan fingerprint density at radius 1 is 1.44 bits per heavy atom. The smallest absolute Gasteiger partial charge is 0.269 e. The molecule has 1 atom stereocenters. The second kappa shape index (κ2) is 5.64. The van der Waals surface area contributed by atoms with Crippen LogP contribution in [0, 0.1) is 0 Å². The van der Waals surface area contributed by atoms with Gasteiger partial charge in [-0.15, -0.1) is 0 Å². The van der Waals surface area contributed by atoms with Gasteiger partial charge in [0.25, 0.3) is 5.91 Å². The van der Waals surface area contributed by atoms with Gasteiger partial charge in [-0.3, -0.25) is 4.79 Å². The van der Waals surface area contributed by atoms with E-state index in [1.807, 2.05) is 47.1 Å². The molecule has 1 aromatic carbocycles. The van der Waals surface area contributed by atoms with Crippen molar-refractivity contribution in [3.05, 3.63) is 39.9 Å². The Kier molecular flexibility index (Phi) is 4.37. The second-order valence-corrected chi connectivity index (χ2v) is 5.09. The summed E-state index contributed by atoms with van der Waals surface area (Å²) in [6, 6.07) is 7.50. The highest BCUT2D eigenvalue weighted by molar-refractivity contribution is 14.1. The molecular weight excluding hydrogens is 390 g/mol. The van der Waals surface area contributed by atoms with Gasteiger partial charge in [0.05, 0.1) is 27.9 Å². The van der Waals surface area contributed by atoms with Crippen molar-refractivity contribution in [2.45, 2.75) is 12.8 Å². The normalized spacial score (nSPS) is 19.7. The molecule has 2 rings (SSSR count). The summed E-state index contributed by atoms with van der Waals surface area (Å²) in [5, 5.41) is 9.66. The van der Waals surface area contributed by atoms with Gasteiger partial charge in [-0.1, -0.05) is 35.3 Å². The molecular formula is C11H9Cl2IN2O2. The number of halogens is 3. The summed E-state index contributed by atoms with van der Waals surface area (Å²) in [6.45, 7) is 0.249. The van der Waals surface area contributed by atoms with Crippen LogP contribution in [0.3, 0.4) is 0 Å². The Morgan fingerprint density at radius 3 is 2.72 bits per heavy atom. The average Bonchev–Trinajstić information content (AvgIpc) is 2.57. The monoisotopic (exact) mass is 398 g/mol. The van der Waals surface area contributed by atoms with Crippen molar-refractivity contribution in [3.63, 3.8) is 0 Å². The lowest BCUT2D eigenvalue weighted by molar-refractivity contribution is -0.132. The van der Waals surface area contributed by atoms with Gasteiger partial charge >= 0.3 is 0 Å². The van der Waals surface area contributed by atoms with E-state index < -0.39 is 12.1 Å². The molecule has 1 heterocycles. The van der Waals surface area contributed by atoms with Crippen molar-refractivity contribution < 1.29 is 9.90 Å². The van der Waals surface area contributed by atoms with E-state index in [0.29, 0.717) is 0 Å². The summed E-state index contributed by atoms with van der Waals surface area (Å²) in [6.07, 6.45) is -1.16. The number of anilines is 1. The Hall–Kier alpha value is -0.500. The molecule has 0 radical (unpaired) electrons. The number of hydrogen-bond acceptors (Lipinski definition) is 3. The Morgan fingerprint density at radius 2 is 2.17 bits per heavy atom. The molecule has 0 saturated carbocycles. The van der Waals surface area contributed by atoms with Crippen LogP contribution in [0.5, 0.6) is 0 Å². The Labute approximate surface area is 128 Å². The lowest BCUT2D eigenvalue weighted by atomic mass is 10.2. The van der Waals surface area contributed by atoms with Crippen LogP contribution in [0.1, 0.15) is 5.56 Å². The minimum atomic E-state index is -1.16. The number of carbonyl (C=O) groups excluding carboxylic acids is 1. The van der Waals surface area contributed by atoms with Gasteiger partial charge in [0, 0.05) is 12.2 Å². The molecule has 4 nitrogen and oxygen atoms in total. The summed E-state index contributed by atoms with van der Waals surface area (Å²) >= 11 is 13.5. The van der Waals surface area contributed by atoms with Gasteiger partial charge in [0.2, 0.25) is 0 Å². The number of aliphatic hydroxyl groups excluding tert-OH is 1. The molecule has 0 fully saturated rings. The van der Waals surface area contributed by atoms with Crippen LogP contribution in [0.25, 0.3) is 0 Å². The number of benzene rings is 1. The summed E-state index contributed by atoms with van der Waals surface area (Å²) in [5.41, 5.74) is 1.79. The zero-order valence-corrected chi connectivity index (χ0v) is 12.7. The van der Waals surface area contributed by atoms with E-state index in [0.717, 1.165) is 11.3 Å². The van der Waals surface area contributed by atoms with Crippen molar-refractivity contribution in [1.82, 2.24) is 4.90 Å². The molecule has 0 spiro atoms. The summed E-state index contributed by atoms with van der Waals surface area (Å²) < 4.78 is 2.97. The van der Waals surface area contributed by atoms with Gasteiger partial charge in [0.15, 0.2) is 6.23 Å². The third-order valence-electron chi connectivity index (χ3n) is 2.57. The third kappa shape index (κ3) is 2.59. The number of hydrogen-bond donors (Lipinski definition) is 2. The van der Waals surface area contributed by atoms with Crippen LogP contribution >= 0.6 is 46.1 Å². The molecule has 0 bridgehead atoms. The number of nitrogens with one attached hydrogen (secondary N) is 1. The molecule has 0 saturated heterocycles. The first-order valence-electron chi connectivity index (χ1n) is 5.04. The third-order valence-corrected chi connectivity index (χ3v) is 4.04. The summed E-state index contributed by atoms with van der Waals surface area (Å²) in [5.74, 6) is -0.456. The predicted octanol–water partition coefficient (Wildman–Crippen LogP) is 2.80. The van der Waals surface area contributed by atoms with Crippen molar-refractivity contribution >= 4 is 57.7 Å². The van der Waals surface area contributed by atoms with Gasteiger partial charge < -0.3 is 13.5 Å². The highest BCUT2D eigenvalue weighted by Crippen LogP contribution is 2.31. The Bertz CT molecular complexity index is 522. The molecule has 1 unspecified atom stereocenters. The number of nitrogens with zero attached hydrogens (tertiary/aromatic N) is 1. The van der Waals surface area contributed by atoms with Crippen LogP contribution in [0.4, 0.5) is 5.69 Å². The standard InChI is InChI=1S/C11H9Cl2IN2O2/c12-8-9(13)11(18)16(10(8)17)5-6-2-1-3-7(4-6)15-14/h1-4,10,15,17H,5H2. The predicted molar refractivity (Wildman–Crippen MR) is 79.4 cm³/mol. The SMILES string of the molecule is O=C1C(Cl)=C(Cl)C(O)N1Cc1cccc(NI)c1. The lowest BCUT2D eigenvalue weighted by Gasteiger charge is -2.21. The van der Waals surface area contributed by atoms with Crippen molar-refractivity contribution in [2.75, 3.05) is 3.53 Å². The van der Waals surface area contributed by atoms with E-state index in [1.54, 1.807) is 0 Å². The topological polar surface area (TPSA) is 52.6 Å². The molecule has 18 heavy (non-hydrogen) atoms. The zero-order valence-electron chi connectivity index (χ0n) is 9.03. The lowest BCUT2D eigenvalue weighted by Crippen LogP contribution is -2.34. The first-order valence-corrected chi connectivity index (χ1v) is 6.88. The minimum Gasteiger partial charge on any atom is -0.368 e. The van der Waals surface area contributed by atoms with Gasteiger partial charge in [-0.2, -0.15) is 0 Å². The van der Waals surface area contributed by atoms with Gasteiger partial charge in [-0.05, 0) is 17.7 Å². The van der Waals surface area contributed by atoms with E-state index in [-0.39, 0.29) is 16.6 Å². The van der Waals surface area contributed by atoms with Crippen LogP contribution < -0.4 is 3.53 Å². The van der Waals surface area contributed by atoms with E-state index in [1.165, 1.54) is 4.90 Å². The molecule has 1 aliphatic rings. The molecule has 7 heteroatoms. The summed E-state index contributed by atoms with van der Waals surface area (Å²) in [7, 11) is 0. The van der Waals surface area contributed by atoms with Crippen LogP contribution in [-0.4, -0.2) is 22.1 Å².